The standard InChI is InChI=1S/C14H18N4O2S2/c1-10(13(19)18-4-6-20-7-5-18)22-14-15-12(16-17-14)9-11-3-2-8-21-11/h2-3,8,10H,4-7,9H2,1H3,(H,15,16,17)/t10-/m0/s1. The number of H-pyrrole nitrogens is 1. The molecule has 1 aliphatic heterocycles. The minimum Gasteiger partial charge on any atom is -0.378 e. The monoisotopic (exact) mass is 338 g/mol. The Hall–Kier alpha value is -1.38. The van der Waals surface area contributed by atoms with Gasteiger partial charge in [-0.2, -0.15) is 0 Å². The largest absolute Gasteiger partial charge is 0.378 e. The van der Waals surface area contributed by atoms with Crippen LogP contribution < -0.4 is 0 Å². The van der Waals surface area contributed by atoms with Crippen LogP contribution in [0.2, 0.25) is 0 Å². The molecule has 2 aromatic rings. The van der Waals surface area contributed by atoms with Crippen molar-refractivity contribution in [3.8, 4) is 0 Å². The zero-order chi connectivity index (χ0) is 15.4. The lowest BCUT2D eigenvalue weighted by molar-refractivity contribution is -0.134. The third kappa shape index (κ3) is 3.88. The summed E-state index contributed by atoms with van der Waals surface area (Å²) in [6.45, 7) is 4.48. The molecule has 6 nitrogen and oxygen atoms in total. The summed E-state index contributed by atoms with van der Waals surface area (Å²) in [5.41, 5.74) is 0. The number of nitrogens with one attached hydrogen (secondary N) is 1. The van der Waals surface area contributed by atoms with E-state index >= 15 is 0 Å². The average molecular weight is 338 g/mol. The lowest BCUT2D eigenvalue weighted by Crippen LogP contribution is -2.44. The first-order valence-electron chi connectivity index (χ1n) is 7.19. The van der Waals surface area contributed by atoms with Gasteiger partial charge in [-0.15, -0.1) is 16.4 Å². The minimum atomic E-state index is -0.191. The molecular formula is C14H18N4O2S2. The van der Waals surface area contributed by atoms with Crippen molar-refractivity contribution in [1.29, 1.82) is 0 Å². The van der Waals surface area contributed by atoms with Crippen molar-refractivity contribution in [2.24, 2.45) is 0 Å². The minimum absolute atomic E-state index is 0.123. The third-order valence-electron chi connectivity index (χ3n) is 3.39. The zero-order valence-electron chi connectivity index (χ0n) is 12.3. The van der Waals surface area contributed by atoms with Crippen LogP contribution in [0.3, 0.4) is 0 Å². The Morgan fingerprint density at radius 2 is 2.36 bits per heavy atom. The van der Waals surface area contributed by atoms with E-state index in [4.69, 9.17) is 4.74 Å². The van der Waals surface area contributed by atoms with Gasteiger partial charge in [-0.1, -0.05) is 17.8 Å². The number of thioether (sulfide) groups is 1. The summed E-state index contributed by atoms with van der Waals surface area (Å²) in [6.07, 6.45) is 0.747. The number of amides is 1. The number of hydrogen-bond acceptors (Lipinski definition) is 6. The van der Waals surface area contributed by atoms with E-state index in [0.717, 1.165) is 12.2 Å². The predicted octanol–water partition coefficient (Wildman–Crippen LogP) is 1.80. The van der Waals surface area contributed by atoms with Gasteiger partial charge in [0.25, 0.3) is 0 Å². The van der Waals surface area contributed by atoms with E-state index < -0.39 is 0 Å². The Kier molecular flexibility index (Phi) is 5.12. The first-order valence-corrected chi connectivity index (χ1v) is 8.95. The fourth-order valence-electron chi connectivity index (χ4n) is 2.24. The Labute approximate surface area is 137 Å². The molecule has 1 aliphatic rings. The van der Waals surface area contributed by atoms with Crippen LogP contribution in [0.4, 0.5) is 0 Å². The second-order valence-corrected chi connectivity index (χ2v) is 7.36. The summed E-state index contributed by atoms with van der Waals surface area (Å²) in [5, 5.41) is 9.63. The van der Waals surface area contributed by atoms with E-state index in [-0.39, 0.29) is 11.2 Å². The van der Waals surface area contributed by atoms with E-state index in [0.29, 0.717) is 31.5 Å². The maximum atomic E-state index is 12.4. The van der Waals surface area contributed by atoms with Crippen molar-refractivity contribution in [3.63, 3.8) is 0 Å². The number of morpholine rings is 1. The van der Waals surface area contributed by atoms with Crippen molar-refractivity contribution in [2.45, 2.75) is 23.8 Å². The van der Waals surface area contributed by atoms with Gasteiger partial charge < -0.3 is 9.64 Å². The Balaban J connectivity index is 1.56. The summed E-state index contributed by atoms with van der Waals surface area (Å²) in [4.78, 5) is 19.9. The third-order valence-corrected chi connectivity index (χ3v) is 5.21. The van der Waals surface area contributed by atoms with Crippen LogP contribution in [0.15, 0.2) is 22.7 Å². The number of aromatic nitrogens is 3. The molecule has 0 radical (unpaired) electrons. The molecule has 1 amide bonds. The summed E-state index contributed by atoms with van der Waals surface area (Å²) in [5.74, 6) is 0.953. The van der Waals surface area contributed by atoms with Gasteiger partial charge in [0.1, 0.15) is 5.82 Å². The summed E-state index contributed by atoms with van der Waals surface area (Å²) in [7, 11) is 0. The number of ether oxygens (including phenoxy) is 1. The highest BCUT2D eigenvalue weighted by molar-refractivity contribution is 8.00. The Morgan fingerprint density at radius 3 is 3.09 bits per heavy atom. The first-order chi connectivity index (χ1) is 10.7. The fraction of sp³-hybridized carbons (Fsp3) is 0.500. The topological polar surface area (TPSA) is 71.1 Å². The van der Waals surface area contributed by atoms with Gasteiger partial charge in [0, 0.05) is 24.4 Å². The molecule has 0 unspecified atom stereocenters. The molecule has 118 valence electrons. The van der Waals surface area contributed by atoms with Gasteiger partial charge in [-0.05, 0) is 18.4 Å². The second kappa shape index (κ2) is 7.26. The van der Waals surface area contributed by atoms with Crippen molar-refractivity contribution < 1.29 is 9.53 Å². The molecule has 1 N–H and O–H groups in total. The Bertz CT molecular complexity index is 608. The number of carbonyl (C=O) groups excluding carboxylic acids is 1. The number of thiophene rings is 1. The number of rotatable bonds is 5. The van der Waals surface area contributed by atoms with Crippen molar-refractivity contribution >= 4 is 29.0 Å². The number of hydrogen-bond donors (Lipinski definition) is 1. The lowest BCUT2D eigenvalue weighted by atomic mass is 10.3. The molecular weight excluding hydrogens is 320 g/mol. The highest BCUT2D eigenvalue weighted by atomic mass is 32.2. The zero-order valence-corrected chi connectivity index (χ0v) is 14.0. The van der Waals surface area contributed by atoms with Gasteiger partial charge >= 0.3 is 0 Å². The molecule has 0 bridgehead atoms. The summed E-state index contributed by atoms with van der Waals surface area (Å²) in [6, 6.07) is 4.10. The molecule has 1 atom stereocenters. The molecule has 1 fully saturated rings. The molecule has 8 heteroatoms. The van der Waals surface area contributed by atoms with Gasteiger partial charge in [0.15, 0.2) is 0 Å². The van der Waals surface area contributed by atoms with Crippen LogP contribution in [-0.2, 0) is 16.0 Å². The Morgan fingerprint density at radius 1 is 1.55 bits per heavy atom. The van der Waals surface area contributed by atoms with E-state index in [1.165, 1.54) is 16.6 Å². The van der Waals surface area contributed by atoms with Crippen LogP contribution in [0.5, 0.6) is 0 Å². The maximum absolute atomic E-state index is 12.4. The average Bonchev–Trinajstić information content (AvgIpc) is 3.20. The fourth-order valence-corrected chi connectivity index (χ4v) is 3.77. The normalized spacial score (nSPS) is 16.7. The van der Waals surface area contributed by atoms with Crippen LogP contribution in [0.1, 0.15) is 17.6 Å². The van der Waals surface area contributed by atoms with Crippen LogP contribution in [-0.4, -0.2) is 57.5 Å². The van der Waals surface area contributed by atoms with Gasteiger partial charge in [0.2, 0.25) is 11.1 Å². The maximum Gasteiger partial charge on any atom is 0.236 e. The predicted molar refractivity (Wildman–Crippen MR) is 86.2 cm³/mol. The van der Waals surface area contributed by atoms with E-state index in [1.807, 2.05) is 23.3 Å². The number of nitrogens with zero attached hydrogens (tertiary/aromatic N) is 3. The van der Waals surface area contributed by atoms with Crippen LogP contribution in [0, 0.1) is 0 Å². The smallest absolute Gasteiger partial charge is 0.236 e. The molecule has 0 spiro atoms. The van der Waals surface area contributed by atoms with Crippen molar-refractivity contribution in [3.05, 3.63) is 28.2 Å². The SMILES string of the molecule is C[C@H](Sc1n[nH]c(Cc2cccs2)n1)C(=O)N1CCOCC1. The molecule has 3 rings (SSSR count). The van der Waals surface area contributed by atoms with Gasteiger partial charge in [-0.25, -0.2) is 4.98 Å². The molecule has 22 heavy (non-hydrogen) atoms. The van der Waals surface area contributed by atoms with Crippen LogP contribution in [0.25, 0.3) is 0 Å². The van der Waals surface area contributed by atoms with E-state index in [9.17, 15) is 4.79 Å². The molecule has 0 saturated carbocycles. The molecule has 0 aliphatic carbocycles. The van der Waals surface area contributed by atoms with Crippen molar-refractivity contribution in [2.75, 3.05) is 26.3 Å². The second-order valence-electron chi connectivity index (χ2n) is 5.02. The highest BCUT2D eigenvalue weighted by Gasteiger charge is 2.24. The van der Waals surface area contributed by atoms with E-state index in [1.54, 1.807) is 11.3 Å². The van der Waals surface area contributed by atoms with Crippen molar-refractivity contribution in [1.82, 2.24) is 20.1 Å². The van der Waals surface area contributed by atoms with Crippen LogP contribution >= 0.6 is 23.1 Å². The molecule has 0 aromatic carbocycles. The quantitative estimate of drug-likeness (QED) is 0.842. The number of aromatic amines is 1. The molecule has 2 aromatic heterocycles. The number of carbonyl (C=O) groups is 1. The summed E-state index contributed by atoms with van der Waals surface area (Å²) < 4.78 is 5.27. The highest BCUT2D eigenvalue weighted by Crippen LogP contribution is 2.22. The molecule has 3 heterocycles. The van der Waals surface area contributed by atoms with Gasteiger partial charge in [0.05, 0.1) is 18.5 Å². The summed E-state index contributed by atoms with van der Waals surface area (Å²) >= 11 is 3.09. The molecule has 1 saturated heterocycles. The van der Waals surface area contributed by atoms with Gasteiger partial charge in [-0.3, -0.25) is 9.89 Å². The first kappa shape index (κ1) is 15.5. The van der Waals surface area contributed by atoms with E-state index in [2.05, 4.69) is 21.2 Å². The lowest BCUT2D eigenvalue weighted by Gasteiger charge is -2.28.